The molecule has 0 bridgehead atoms. The molecular formula is C29H27ClN2O7S. The van der Waals surface area contributed by atoms with Gasteiger partial charge in [-0.05, 0) is 55.7 Å². The Balaban J connectivity index is 1.72. The van der Waals surface area contributed by atoms with Crippen LogP contribution in [0.25, 0.3) is 11.0 Å². The third kappa shape index (κ3) is 4.82. The number of amides is 1. The third-order valence-electron chi connectivity index (χ3n) is 6.36. The quantitative estimate of drug-likeness (QED) is 0.227. The van der Waals surface area contributed by atoms with Crippen molar-refractivity contribution in [1.82, 2.24) is 4.98 Å². The van der Waals surface area contributed by atoms with Crippen molar-refractivity contribution < 1.29 is 28.2 Å². The molecule has 2 aromatic carbocycles. The van der Waals surface area contributed by atoms with Gasteiger partial charge in [0.05, 0.1) is 43.0 Å². The number of aromatic nitrogens is 1. The van der Waals surface area contributed by atoms with Crippen LogP contribution in [-0.2, 0) is 4.74 Å². The van der Waals surface area contributed by atoms with E-state index in [1.54, 1.807) is 44.2 Å². The summed E-state index contributed by atoms with van der Waals surface area (Å²) in [4.78, 5) is 46.5. The Hall–Kier alpha value is -3.89. The first-order valence-electron chi connectivity index (χ1n) is 12.7. The molecule has 1 unspecified atom stereocenters. The second-order valence-electron chi connectivity index (χ2n) is 9.64. The van der Waals surface area contributed by atoms with Crippen LogP contribution in [0, 0.1) is 12.8 Å². The number of hydrogen-bond donors (Lipinski definition) is 0. The smallest absolute Gasteiger partial charge is 0.350 e. The summed E-state index contributed by atoms with van der Waals surface area (Å²) in [6, 6.07) is 8.98. The summed E-state index contributed by atoms with van der Waals surface area (Å²) in [5.41, 5.74) is 0.965. The molecule has 1 aliphatic heterocycles. The summed E-state index contributed by atoms with van der Waals surface area (Å²) in [7, 11) is 1.52. The number of aryl methyl sites for hydroxylation is 1. The number of hydrogen-bond acceptors (Lipinski definition) is 9. The Morgan fingerprint density at radius 1 is 1.18 bits per heavy atom. The molecule has 0 fully saturated rings. The second-order valence-corrected chi connectivity index (χ2v) is 11.1. The number of anilines is 1. The second kappa shape index (κ2) is 10.9. The Bertz CT molecular complexity index is 1690. The van der Waals surface area contributed by atoms with Gasteiger partial charge in [-0.15, -0.1) is 0 Å². The highest BCUT2D eigenvalue weighted by Crippen LogP contribution is 2.45. The summed E-state index contributed by atoms with van der Waals surface area (Å²) < 4.78 is 22.7. The molecule has 0 N–H and O–H groups in total. The zero-order valence-electron chi connectivity index (χ0n) is 22.6. The largest absolute Gasteiger partial charge is 0.493 e. The molecule has 1 amide bonds. The lowest BCUT2D eigenvalue weighted by atomic mass is 9.98. The Morgan fingerprint density at radius 2 is 1.95 bits per heavy atom. The van der Waals surface area contributed by atoms with Gasteiger partial charge >= 0.3 is 5.97 Å². The minimum Gasteiger partial charge on any atom is -0.493 e. The van der Waals surface area contributed by atoms with Crippen LogP contribution < -0.4 is 19.8 Å². The summed E-state index contributed by atoms with van der Waals surface area (Å²) in [6.45, 7) is 8.13. The van der Waals surface area contributed by atoms with Crippen LogP contribution in [0.1, 0.15) is 63.9 Å². The molecule has 9 nitrogen and oxygen atoms in total. The number of esters is 1. The summed E-state index contributed by atoms with van der Waals surface area (Å²) in [6.07, 6.45) is 0. The molecule has 208 valence electrons. The van der Waals surface area contributed by atoms with Crippen LogP contribution >= 0.6 is 22.9 Å². The summed E-state index contributed by atoms with van der Waals surface area (Å²) in [5, 5.41) is 0.834. The predicted octanol–water partition coefficient (Wildman–Crippen LogP) is 6.18. The number of benzene rings is 2. The molecule has 1 atom stereocenters. The van der Waals surface area contributed by atoms with E-state index in [0.717, 1.165) is 11.3 Å². The van der Waals surface area contributed by atoms with Crippen molar-refractivity contribution in [1.29, 1.82) is 0 Å². The zero-order valence-corrected chi connectivity index (χ0v) is 24.1. The number of carbonyl (C=O) groups is 2. The van der Waals surface area contributed by atoms with E-state index >= 15 is 0 Å². The summed E-state index contributed by atoms with van der Waals surface area (Å²) in [5.74, 6) is 0.0718. The van der Waals surface area contributed by atoms with E-state index in [4.69, 9.17) is 30.2 Å². The summed E-state index contributed by atoms with van der Waals surface area (Å²) >= 11 is 7.21. The number of rotatable bonds is 8. The highest BCUT2D eigenvalue weighted by molar-refractivity contribution is 7.17. The first kappa shape index (κ1) is 27.7. The molecule has 0 aliphatic carbocycles. The van der Waals surface area contributed by atoms with Crippen LogP contribution in [0.15, 0.2) is 45.6 Å². The van der Waals surface area contributed by atoms with Crippen molar-refractivity contribution >= 4 is 50.9 Å². The fourth-order valence-corrected chi connectivity index (χ4v) is 5.72. The van der Waals surface area contributed by atoms with Crippen molar-refractivity contribution in [3.8, 4) is 11.5 Å². The maximum atomic E-state index is 13.9. The lowest BCUT2D eigenvalue weighted by Crippen LogP contribution is -2.29. The van der Waals surface area contributed by atoms with Crippen LogP contribution in [0.2, 0.25) is 5.02 Å². The fourth-order valence-electron chi connectivity index (χ4n) is 4.56. The number of halogens is 1. The topological polar surface area (TPSA) is 108 Å². The van der Waals surface area contributed by atoms with E-state index in [2.05, 4.69) is 4.98 Å². The van der Waals surface area contributed by atoms with Crippen LogP contribution in [-0.4, -0.2) is 37.2 Å². The van der Waals surface area contributed by atoms with E-state index in [1.165, 1.54) is 18.1 Å². The van der Waals surface area contributed by atoms with Crippen LogP contribution in [0.3, 0.4) is 0 Å². The number of nitrogens with zero attached hydrogens (tertiary/aromatic N) is 2. The minimum atomic E-state index is -0.921. The first-order chi connectivity index (χ1) is 19.1. The molecule has 0 spiro atoms. The molecule has 0 saturated heterocycles. The Labute approximate surface area is 239 Å². The van der Waals surface area contributed by atoms with Gasteiger partial charge in [-0.25, -0.2) is 9.78 Å². The SMILES string of the molecule is CCOC(=O)c1sc(N2C(=O)c3oc4ccc(Cl)cc4c(=O)c3C2c2ccc(OCC(C)C)c(OC)c2)nc1C. The van der Waals surface area contributed by atoms with E-state index in [9.17, 15) is 14.4 Å². The molecule has 5 rings (SSSR count). The van der Waals surface area contributed by atoms with Gasteiger partial charge in [-0.3, -0.25) is 14.5 Å². The predicted molar refractivity (Wildman–Crippen MR) is 152 cm³/mol. The number of fused-ring (bicyclic) bond motifs is 2. The molecule has 0 saturated carbocycles. The van der Waals surface area contributed by atoms with E-state index in [0.29, 0.717) is 40.3 Å². The van der Waals surface area contributed by atoms with Gasteiger partial charge in [0.25, 0.3) is 5.91 Å². The third-order valence-corrected chi connectivity index (χ3v) is 7.73. The zero-order chi connectivity index (χ0) is 28.7. The monoisotopic (exact) mass is 582 g/mol. The van der Waals surface area contributed by atoms with Crippen molar-refractivity contribution in [2.45, 2.75) is 33.7 Å². The maximum absolute atomic E-state index is 13.9. The van der Waals surface area contributed by atoms with Gasteiger partial charge < -0.3 is 18.6 Å². The van der Waals surface area contributed by atoms with Gasteiger partial charge in [0.15, 0.2) is 22.1 Å². The van der Waals surface area contributed by atoms with Crippen molar-refractivity contribution in [2.24, 2.45) is 5.92 Å². The standard InChI is InChI=1S/C29H27ClN2O7S/c1-6-37-28(35)26-15(4)31-29(40-26)32-23(16-7-9-20(21(11-16)36-5)38-13-14(2)3)22-24(33)18-12-17(30)8-10-19(18)39-25(22)27(32)34/h7-12,14,23H,6,13H2,1-5H3. The Morgan fingerprint density at radius 3 is 2.65 bits per heavy atom. The highest BCUT2D eigenvalue weighted by atomic mass is 35.5. The van der Waals surface area contributed by atoms with Gasteiger partial charge in [0.2, 0.25) is 5.76 Å². The van der Waals surface area contributed by atoms with Gasteiger partial charge in [0.1, 0.15) is 10.5 Å². The number of thiazole rings is 1. The molecular weight excluding hydrogens is 556 g/mol. The van der Waals surface area contributed by atoms with Crippen LogP contribution in [0.5, 0.6) is 11.5 Å². The van der Waals surface area contributed by atoms with Crippen molar-refractivity contribution in [3.05, 3.63) is 79.1 Å². The van der Waals surface area contributed by atoms with Crippen molar-refractivity contribution in [2.75, 3.05) is 25.2 Å². The van der Waals surface area contributed by atoms with E-state index < -0.39 is 23.3 Å². The lowest BCUT2D eigenvalue weighted by molar-refractivity contribution is 0.0531. The molecule has 40 heavy (non-hydrogen) atoms. The molecule has 0 radical (unpaired) electrons. The first-order valence-corrected chi connectivity index (χ1v) is 13.9. The fraction of sp³-hybridized carbons (Fsp3) is 0.310. The van der Waals surface area contributed by atoms with E-state index in [1.807, 2.05) is 13.8 Å². The average Bonchev–Trinajstić information content (AvgIpc) is 3.45. The Kier molecular flexibility index (Phi) is 7.57. The molecule has 3 heterocycles. The maximum Gasteiger partial charge on any atom is 0.350 e. The van der Waals surface area contributed by atoms with Gasteiger partial charge in [-0.2, -0.15) is 0 Å². The normalized spacial score (nSPS) is 14.6. The molecule has 2 aromatic heterocycles. The van der Waals surface area contributed by atoms with Gasteiger partial charge in [-0.1, -0.05) is 42.9 Å². The molecule has 4 aromatic rings. The molecule has 1 aliphatic rings. The number of methoxy groups -OCH3 is 1. The lowest BCUT2D eigenvalue weighted by Gasteiger charge is -2.23. The minimum absolute atomic E-state index is 0.102. The number of ether oxygens (including phenoxy) is 3. The number of carbonyl (C=O) groups excluding carboxylic acids is 2. The van der Waals surface area contributed by atoms with Gasteiger partial charge in [0, 0.05) is 5.02 Å². The van der Waals surface area contributed by atoms with E-state index in [-0.39, 0.29) is 38.9 Å². The average molecular weight is 583 g/mol. The van der Waals surface area contributed by atoms with Crippen LogP contribution in [0.4, 0.5) is 5.13 Å². The van der Waals surface area contributed by atoms with Crippen molar-refractivity contribution in [3.63, 3.8) is 0 Å². The molecule has 11 heteroatoms. The highest BCUT2D eigenvalue weighted by Gasteiger charge is 2.45.